The molecule has 3 aromatic rings. The lowest BCUT2D eigenvalue weighted by molar-refractivity contribution is 0.0703. The molecule has 1 aromatic heterocycles. The van der Waals surface area contributed by atoms with Crippen LogP contribution in [0.25, 0.3) is 0 Å². The Morgan fingerprint density at radius 1 is 1.18 bits per heavy atom. The number of carbonyl (C=O) groups excluding carboxylic acids is 1. The molecule has 1 aliphatic heterocycles. The summed E-state index contributed by atoms with van der Waals surface area (Å²) in [6.07, 6.45) is 1.78. The zero-order valence-corrected chi connectivity index (χ0v) is 15.7. The average Bonchev–Trinajstić information content (AvgIpc) is 3.24. The second-order valence-corrected chi connectivity index (χ2v) is 7.22. The Morgan fingerprint density at radius 3 is 2.68 bits per heavy atom. The molecule has 0 aliphatic carbocycles. The molecule has 2 heterocycles. The maximum absolute atomic E-state index is 13.1. The monoisotopic (exact) mass is 379 g/mol. The van der Waals surface area contributed by atoms with Gasteiger partial charge in [0.25, 0.3) is 5.91 Å². The molecule has 2 aromatic carbocycles. The SMILES string of the molecule is C[C@@H](c1ccccc1)c1nc([C@H]2CCCN(C(=O)c3ccc(F)cc3)C2)no1. The highest BCUT2D eigenvalue weighted by Gasteiger charge is 2.29. The third kappa shape index (κ3) is 3.81. The Bertz CT molecular complexity index is 940. The minimum absolute atomic E-state index is 0.0167. The molecule has 2 atom stereocenters. The number of carbonyl (C=O) groups is 1. The van der Waals surface area contributed by atoms with Gasteiger partial charge in [-0.1, -0.05) is 35.5 Å². The zero-order valence-electron chi connectivity index (χ0n) is 15.7. The van der Waals surface area contributed by atoms with E-state index in [1.54, 1.807) is 4.90 Å². The van der Waals surface area contributed by atoms with Crippen LogP contribution in [0.3, 0.4) is 0 Å². The van der Waals surface area contributed by atoms with Crippen molar-refractivity contribution in [3.63, 3.8) is 0 Å². The van der Waals surface area contributed by atoms with Gasteiger partial charge in [-0.25, -0.2) is 4.39 Å². The minimum Gasteiger partial charge on any atom is -0.339 e. The van der Waals surface area contributed by atoms with Crippen LogP contribution in [0.2, 0.25) is 0 Å². The predicted molar refractivity (Wildman–Crippen MR) is 103 cm³/mol. The van der Waals surface area contributed by atoms with Gasteiger partial charge < -0.3 is 9.42 Å². The molecule has 0 unspecified atom stereocenters. The number of likely N-dealkylation sites (tertiary alicyclic amines) is 1. The average molecular weight is 379 g/mol. The lowest BCUT2D eigenvalue weighted by atomic mass is 9.96. The second kappa shape index (κ2) is 7.92. The molecule has 1 fully saturated rings. The quantitative estimate of drug-likeness (QED) is 0.675. The van der Waals surface area contributed by atoms with E-state index in [-0.39, 0.29) is 23.6 Å². The molecule has 0 bridgehead atoms. The van der Waals surface area contributed by atoms with Gasteiger partial charge in [0.05, 0.1) is 5.92 Å². The summed E-state index contributed by atoms with van der Waals surface area (Å²) in [5, 5.41) is 4.19. The van der Waals surface area contributed by atoms with Gasteiger partial charge in [-0.3, -0.25) is 4.79 Å². The van der Waals surface area contributed by atoms with E-state index in [1.165, 1.54) is 24.3 Å². The van der Waals surface area contributed by atoms with Crippen molar-refractivity contribution < 1.29 is 13.7 Å². The minimum atomic E-state index is -0.347. The van der Waals surface area contributed by atoms with Gasteiger partial charge in [-0.2, -0.15) is 4.98 Å². The molecule has 144 valence electrons. The fraction of sp³-hybridized carbons (Fsp3) is 0.318. The van der Waals surface area contributed by atoms with Crippen LogP contribution < -0.4 is 0 Å². The van der Waals surface area contributed by atoms with Gasteiger partial charge in [0.2, 0.25) is 5.89 Å². The molecule has 0 saturated carbocycles. The van der Waals surface area contributed by atoms with Crippen LogP contribution in [0.5, 0.6) is 0 Å². The third-order valence-electron chi connectivity index (χ3n) is 5.29. The third-order valence-corrected chi connectivity index (χ3v) is 5.29. The molecular formula is C22H22FN3O2. The molecule has 1 amide bonds. The summed E-state index contributed by atoms with van der Waals surface area (Å²) in [6, 6.07) is 15.7. The van der Waals surface area contributed by atoms with Crippen molar-refractivity contribution in [3.05, 3.63) is 83.3 Å². The topological polar surface area (TPSA) is 59.2 Å². The molecule has 0 spiro atoms. The van der Waals surface area contributed by atoms with Crippen LogP contribution in [0.1, 0.15) is 59.2 Å². The summed E-state index contributed by atoms with van der Waals surface area (Å²) >= 11 is 0. The molecule has 6 heteroatoms. The maximum atomic E-state index is 13.1. The molecule has 0 N–H and O–H groups in total. The summed E-state index contributed by atoms with van der Waals surface area (Å²) in [7, 11) is 0. The molecule has 1 aliphatic rings. The second-order valence-electron chi connectivity index (χ2n) is 7.22. The molecular weight excluding hydrogens is 357 g/mol. The van der Waals surface area contributed by atoms with Crippen molar-refractivity contribution in [2.45, 2.75) is 31.6 Å². The van der Waals surface area contributed by atoms with Crippen LogP contribution >= 0.6 is 0 Å². The summed E-state index contributed by atoms with van der Waals surface area (Å²) in [5.41, 5.74) is 1.61. The smallest absolute Gasteiger partial charge is 0.253 e. The van der Waals surface area contributed by atoms with Crippen LogP contribution in [0.15, 0.2) is 59.1 Å². The van der Waals surface area contributed by atoms with E-state index < -0.39 is 0 Å². The Kier molecular flexibility index (Phi) is 5.19. The number of rotatable bonds is 4. The molecule has 0 radical (unpaired) electrons. The van der Waals surface area contributed by atoms with E-state index in [4.69, 9.17) is 4.52 Å². The highest BCUT2D eigenvalue weighted by Crippen LogP contribution is 2.28. The summed E-state index contributed by atoms with van der Waals surface area (Å²) in [6.45, 7) is 3.25. The fourth-order valence-corrected chi connectivity index (χ4v) is 3.62. The van der Waals surface area contributed by atoms with Gasteiger partial charge in [-0.05, 0) is 49.6 Å². The van der Waals surface area contributed by atoms with E-state index in [0.717, 1.165) is 18.4 Å². The molecule has 28 heavy (non-hydrogen) atoms. The highest BCUT2D eigenvalue weighted by molar-refractivity contribution is 5.94. The van der Waals surface area contributed by atoms with Gasteiger partial charge >= 0.3 is 0 Å². The lowest BCUT2D eigenvalue weighted by Gasteiger charge is -2.31. The Balaban J connectivity index is 1.47. The van der Waals surface area contributed by atoms with Gasteiger partial charge in [0.15, 0.2) is 5.82 Å². The zero-order chi connectivity index (χ0) is 19.5. The normalized spacial score (nSPS) is 18.1. The van der Waals surface area contributed by atoms with Gasteiger partial charge in [0, 0.05) is 24.6 Å². The fourth-order valence-electron chi connectivity index (χ4n) is 3.62. The number of piperidine rings is 1. The molecule has 1 saturated heterocycles. The summed E-state index contributed by atoms with van der Waals surface area (Å²) < 4.78 is 18.6. The van der Waals surface area contributed by atoms with Crippen molar-refractivity contribution in [2.24, 2.45) is 0 Å². The van der Waals surface area contributed by atoms with Gasteiger partial charge in [0.1, 0.15) is 5.82 Å². The van der Waals surface area contributed by atoms with E-state index >= 15 is 0 Å². The van der Waals surface area contributed by atoms with E-state index in [2.05, 4.69) is 10.1 Å². The Hall–Kier alpha value is -3.02. The highest BCUT2D eigenvalue weighted by atomic mass is 19.1. The first-order valence-corrected chi connectivity index (χ1v) is 9.55. The van der Waals surface area contributed by atoms with Crippen LogP contribution in [-0.2, 0) is 0 Å². The summed E-state index contributed by atoms with van der Waals surface area (Å²) in [5.74, 6) is 0.852. The van der Waals surface area contributed by atoms with Crippen molar-refractivity contribution >= 4 is 5.91 Å². The summed E-state index contributed by atoms with van der Waals surface area (Å²) in [4.78, 5) is 19.1. The van der Waals surface area contributed by atoms with Crippen molar-refractivity contribution in [2.75, 3.05) is 13.1 Å². The maximum Gasteiger partial charge on any atom is 0.253 e. The van der Waals surface area contributed by atoms with Crippen LogP contribution in [0, 0.1) is 5.82 Å². The van der Waals surface area contributed by atoms with E-state index in [1.807, 2.05) is 37.3 Å². The number of aromatic nitrogens is 2. The molecule has 5 nitrogen and oxygen atoms in total. The predicted octanol–water partition coefficient (Wildman–Crippen LogP) is 4.38. The molecule has 4 rings (SSSR count). The van der Waals surface area contributed by atoms with Crippen LogP contribution in [0.4, 0.5) is 4.39 Å². The largest absolute Gasteiger partial charge is 0.339 e. The number of benzene rings is 2. The van der Waals surface area contributed by atoms with Crippen molar-refractivity contribution in [1.82, 2.24) is 15.0 Å². The van der Waals surface area contributed by atoms with Gasteiger partial charge in [-0.15, -0.1) is 0 Å². The number of hydrogen-bond donors (Lipinski definition) is 0. The lowest BCUT2D eigenvalue weighted by Crippen LogP contribution is -2.39. The van der Waals surface area contributed by atoms with E-state index in [9.17, 15) is 9.18 Å². The Morgan fingerprint density at radius 2 is 1.93 bits per heavy atom. The number of hydrogen-bond acceptors (Lipinski definition) is 4. The van der Waals surface area contributed by atoms with Crippen LogP contribution in [-0.4, -0.2) is 34.0 Å². The first-order valence-electron chi connectivity index (χ1n) is 9.55. The number of nitrogens with zero attached hydrogens (tertiary/aromatic N) is 3. The van der Waals surface area contributed by atoms with E-state index in [0.29, 0.717) is 30.4 Å². The standard InChI is InChI=1S/C22H22FN3O2/c1-15(16-6-3-2-4-7-16)21-24-20(25-28-21)18-8-5-13-26(14-18)22(27)17-9-11-19(23)12-10-17/h2-4,6-7,9-12,15,18H,5,8,13-14H2,1H3/t15-,18-/m0/s1. The number of amides is 1. The Labute approximate surface area is 163 Å². The number of halogens is 1. The first-order chi connectivity index (χ1) is 13.6. The first kappa shape index (κ1) is 18.3. The van der Waals surface area contributed by atoms with Crippen molar-refractivity contribution in [1.29, 1.82) is 0 Å². The van der Waals surface area contributed by atoms with Crippen molar-refractivity contribution in [3.8, 4) is 0 Å².